The van der Waals surface area contributed by atoms with E-state index in [9.17, 15) is 14.9 Å². The largest absolute Gasteiger partial charge is 0.494 e. The van der Waals surface area contributed by atoms with E-state index in [0.717, 1.165) is 16.2 Å². The lowest BCUT2D eigenvalue weighted by Gasteiger charge is -2.12. The molecule has 0 saturated heterocycles. The van der Waals surface area contributed by atoms with Crippen LogP contribution in [0.15, 0.2) is 77.7 Å². The maximum absolute atomic E-state index is 12.7. The van der Waals surface area contributed by atoms with Gasteiger partial charge in [-0.25, -0.2) is 0 Å². The van der Waals surface area contributed by atoms with Gasteiger partial charge in [0.15, 0.2) is 0 Å². The Balaban J connectivity index is 1.78. The Bertz CT molecular complexity index is 1010. The molecule has 3 aromatic carbocycles. The molecule has 1 amide bonds. The molecule has 0 atom stereocenters. The molecular formula is C22H20N2O4S. The summed E-state index contributed by atoms with van der Waals surface area (Å²) in [5.74, 6) is 1.06. The molecule has 0 radical (unpaired) electrons. The molecule has 0 aliphatic heterocycles. The SMILES string of the molecule is CCOc1ccc(C(=O)Nc2cccc([N+](=O)[O-])c2)cc1CSc1ccccc1. The number of anilines is 1. The van der Waals surface area contributed by atoms with Gasteiger partial charge in [0.1, 0.15) is 5.75 Å². The number of non-ortho nitro benzene ring substituents is 1. The van der Waals surface area contributed by atoms with Crippen molar-refractivity contribution in [3.05, 3.63) is 94.0 Å². The van der Waals surface area contributed by atoms with Crippen molar-refractivity contribution in [3.8, 4) is 5.75 Å². The molecule has 3 aromatic rings. The molecule has 3 rings (SSSR count). The van der Waals surface area contributed by atoms with E-state index in [4.69, 9.17) is 4.74 Å². The minimum atomic E-state index is -0.495. The Kier molecular flexibility index (Phi) is 6.86. The molecule has 0 saturated carbocycles. The third-order valence-electron chi connectivity index (χ3n) is 4.07. The van der Waals surface area contributed by atoms with Crippen molar-refractivity contribution in [1.29, 1.82) is 0 Å². The second-order valence-electron chi connectivity index (χ2n) is 6.12. The highest BCUT2D eigenvalue weighted by Crippen LogP contribution is 2.29. The maximum Gasteiger partial charge on any atom is 0.271 e. The van der Waals surface area contributed by atoms with Gasteiger partial charge in [0.05, 0.1) is 11.5 Å². The molecule has 0 fully saturated rings. The van der Waals surface area contributed by atoms with Crippen LogP contribution in [-0.4, -0.2) is 17.4 Å². The van der Waals surface area contributed by atoms with Gasteiger partial charge in [0.2, 0.25) is 0 Å². The van der Waals surface area contributed by atoms with Gasteiger partial charge < -0.3 is 10.1 Å². The van der Waals surface area contributed by atoms with Crippen LogP contribution in [0.3, 0.4) is 0 Å². The van der Waals surface area contributed by atoms with Crippen LogP contribution in [0, 0.1) is 10.1 Å². The maximum atomic E-state index is 12.7. The summed E-state index contributed by atoms with van der Waals surface area (Å²) in [6, 6.07) is 21.1. The number of amides is 1. The van der Waals surface area contributed by atoms with Crippen molar-refractivity contribution in [2.24, 2.45) is 0 Å². The van der Waals surface area contributed by atoms with Gasteiger partial charge in [-0.2, -0.15) is 0 Å². The van der Waals surface area contributed by atoms with E-state index in [1.165, 1.54) is 18.2 Å². The third kappa shape index (κ3) is 5.58. The number of benzene rings is 3. The van der Waals surface area contributed by atoms with Crippen LogP contribution in [0.5, 0.6) is 5.75 Å². The summed E-state index contributed by atoms with van der Waals surface area (Å²) in [5.41, 5.74) is 1.67. The highest BCUT2D eigenvalue weighted by atomic mass is 32.2. The Labute approximate surface area is 173 Å². The standard InChI is InChI=1S/C22H20N2O4S/c1-2-28-21-12-11-16(13-17(21)15-29-20-9-4-3-5-10-20)22(25)23-18-7-6-8-19(14-18)24(26)27/h3-14H,2,15H2,1H3,(H,23,25). The summed E-state index contributed by atoms with van der Waals surface area (Å²) >= 11 is 1.66. The van der Waals surface area contributed by atoms with Gasteiger partial charge in [0.25, 0.3) is 11.6 Å². The zero-order chi connectivity index (χ0) is 20.6. The minimum Gasteiger partial charge on any atom is -0.494 e. The number of carbonyl (C=O) groups is 1. The monoisotopic (exact) mass is 408 g/mol. The molecule has 0 unspecified atom stereocenters. The van der Waals surface area contributed by atoms with Crippen molar-refractivity contribution >= 4 is 29.0 Å². The van der Waals surface area contributed by atoms with Gasteiger partial charge in [-0.05, 0) is 43.3 Å². The molecule has 7 heteroatoms. The average Bonchev–Trinajstić information content (AvgIpc) is 2.74. The molecule has 0 aromatic heterocycles. The summed E-state index contributed by atoms with van der Waals surface area (Å²) in [7, 11) is 0. The topological polar surface area (TPSA) is 81.5 Å². The highest BCUT2D eigenvalue weighted by Gasteiger charge is 2.13. The van der Waals surface area contributed by atoms with E-state index in [1.54, 1.807) is 36.0 Å². The fraction of sp³-hybridized carbons (Fsp3) is 0.136. The zero-order valence-corrected chi connectivity index (χ0v) is 16.6. The van der Waals surface area contributed by atoms with Crippen molar-refractivity contribution in [2.45, 2.75) is 17.6 Å². The lowest BCUT2D eigenvalue weighted by molar-refractivity contribution is -0.384. The van der Waals surface area contributed by atoms with Crippen LogP contribution in [0.2, 0.25) is 0 Å². The number of nitrogens with one attached hydrogen (secondary N) is 1. The van der Waals surface area contributed by atoms with Crippen molar-refractivity contribution in [2.75, 3.05) is 11.9 Å². The lowest BCUT2D eigenvalue weighted by Crippen LogP contribution is -2.12. The van der Waals surface area contributed by atoms with Crippen LogP contribution in [-0.2, 0) is 5.75 Å². The van der Waals surface area contributed by atoms with Crippen LogP contribution >= 0.6 is 11.8 Å². The Morgan fingerprint density at radius 1 is 1.07 bits per heavy atom. The molecule has 6 nitrogen and oxygen atoms in total. The first-order valence-electron chi connectivity index (χ1n) is 9.06. The predicted molar refractivity (Wildman–Crippen MR) is 115 cm³/mol. The molecule has 0 aliphatic carbocycles. The van der Waals surface area contributed by atoms with Crippen LogP contribution in [0.25, 0.3) is 0 Å². The number of hydrogen-bond donors (Lipinski definition) is 1. The highest BCUT2D eigenvalue weighted by molar-refractivity contribution is 7.98. The van der Waals surface area contributed by atoms with Crippen LogP contribution in [0.1, 0.15) is 22.8 Å². The van der Waals surface area contributed by atoms with E-state index in [0.29, 0.717) is 23.6 Å². The molecular weight excluding hydrogens is 388 g/mol. The second-order valence-corrected chi connectivity index (χ2v) is 7.17. The fourth-order valence-electron chi connectivity index (χ4n) is 2.71. The second kappa shape index (κ2) is 9.75. The number of nitro benzene ring substituents is 1. The Morgan fingerprint density at radius 2 is 1.86 bits per heavy atom. The first-order chi connectivity index (χ1) is 14.1. The van der Waals surface area contributed by atoms with Gasteiger partial charge in [-0.15, -0.1) is 11.8 Å². The Morgan fingerprint density at radius 3 is 2.59 bits per heavy atom. The quantitative estimate of drug-likeness (QED) is 0.301. The fourth-order valence-corrected chi connectivity index (χ4v) is 3.61. The summed E-state index contributed by atoms with van der Waals surface area (Å²) in [6.45, 7) is 2.44. The number of carbonyl (C=O) groups excluding carboxylic acids is 1. The molecule has 0 spiro atoms. The first kappa shape index (κ1) is 20.4. The van der Waals surface area contributed by atoms with Gasteiger partial charge >= 0.3 is 0 Å². The number of ether oxygens (including phenoxy) is 1. The van der Waals surface area contributed by atoms with Crippen molar-refractivity contribution < 1.29 is 14.5 Å². The van der Waals surface area contributed by atoms with Gasteiger partial charge in [-0.1, -0.05) is 24.3 Å². The van der Waals surface area contributed by atoms with Gasteiger partial charge in [0, 0.05) is 39.6 Å². The van der Waals surface area contributed by atoms with E-state index >= 15 is 0 Å². The summed E-state index contributed by atoms with van der Waals surface area (Å²) < 4.78 is 5.70. The van der Waals surface area contributed by atoms with Crippen molar-refractivity contribution in [1.82, 2.24) is 0 Å². The van der Waals surface area contributed by atoms with Crippen LogP contribution in [0.4, 0.5) is 11.4 Å². The molecule has 148 valence electrons. The lowest BCUT2D eigenvalue weighted by atomic mass is 10.1. The number of nitrogens with zero attached hydrogens (tertiary/aromatic N) is 1. The summed E-state index contributed by atoms with van der Waals surface area (Å²) in [4.78, 5) is 24.2. The normalized spacial score (nSPS) is 10.4. The zero-order valence-electron chi connectivity index (χ0n) is 15.8. The van der Waals surface area contributed by atoms with E-state index < -0.39 is 4.92 Å². The number of hydrogen-bond acceptors (Lipinski definition) is 5. The average molecular weight is 408 g/mol. The first-order valence-corrected chi connectivity index (χ1v) is 10.0. The van der Waals surface area contributed by atoms with Gasteiger partial charge in [-0.3, -0.25) is 14.9 Å². The van der Waals surface area contributed by atoms with E-state index in [-0.39, 0.29) is 11.6 Å². The molecule has 29 heavy (non-hydrogen) atoms. The van der Waals surface area contributed by atoms with Crippen molar-refractivity contribution in [3.63, 3.8) is 0 Å². The summed E-state index contributed by atoms with van der Waals surface area (Å²) in [5, 5.41) is 13.6. The smallest absolute Gasteiger partial charge is 0.271 e. The molecule has 0 bridgehead atoms. The predicted octanol–water partition coefficient (Wildman–Crippen LogP) is 5.54. The summed E-state index contributed by atoms with van der Waals surface area (Å²) in [6.07, 6.45) is 0. The Hall–Kier alpha value is -3.32. The van der Waals surface area contributed by atoms with E-state index in [1.807, 2.05) is 37.3 Å². The molecule has 0 aliphatic rings. The van der Waals surface area contributed by atoms with E-state index in [2.05, 4.69) is 5.32 Å². The minimum absolute atomic E-state index is 0.0746. The number of rotatable bonds is 8. The third-order valence-corrected chi connectivity index (χ3v) is 5.14. The number of thioether (sulfide) groups is 1. The molecule has 1 N–H and O–H groups in total. The molecule has 0 heterocycles. The van der Waals surface area contributed by atoms with Crippen LogP contribution < -0.4 is 10.1 Å². The number of nitro groups is 1.